The molecule has 116 valence electrons. The minimum atomic E-state index is -0.180. The Labute approximate surface area is 128 Å². The van der Waals surface area contributed by atoms with E-state index < -0.39 is 0 Å². The largest absolute Gasteiger partial charge is 0.354 e. The van der Waals surface area contributed by atoms with Crippen LogP contribution in [0, 0.1) is 5.92 Å². The van der Waals surface area contributed by atoms with Gasteiger partial charge in [-0.05, 0) is 44.0 Å². The van der Waals surface area contributed by atoms with Crippen LogP contribution in [0.25, 0.3) is 10.9 Å². The van der Waals surface area contributed by atoms with Gasteiger partial charge in [-0.15, -0.1) is 0 Å². The van der Waals surface area contributed by atoms with Crippen molar-refractivity contribution >= 4 is 16.8 Å². The first-order valence-electron chi connectivity index (χ1n) is 7.65. The summed E-state index contributed by atoms with van der Waals surface area (Å²) in [6, 6.07) is 7.15. The zero-order valence-corrected chi connectivity index (χ0v) is 12.4. The highest BCUT2D eigenvalue weighted by atomic mass is 16.2. The van der Waals surface area contributed by atoms with E-state index in [2.05, 4.69) is 15.6 Å². The molecule has 3 rings (SSSR count). The standard InChI is InChI=1S/C16H20N4O2/c21-15(18-9-12-4-3-7-17-8-12)10-20-11-19-14-6-2-1-5-13(14)16(20)22/h1-2,5-6,11-12,17H,3-4,7-10H2,(H,18,21). The monoisotopic (exact) mass is 300 g/mol. The molecule has 0 spiro atoms. The number of piperidine rings is 1. The van der Waals surface area contributed by atoms with Crippen molar-refractivity contribution in [1.29, 1.82) is 0 Å². The second-order valence-corrected chi connectivity index (χ2v) is 5.71. The van der Waals surface area contributed by atoms with Gasteiger partial charge < -0.3 is 10.6 Å². The molecular formula is C16H20N4O2. The third kappa shape index (κ3) is 3.33. The quantitative estimate of drug-likeness (QED) is 0.863. The molecule has 1 atom stereocenters. The van der Waals surface area contributed by atoms with Gasteiger partial charge in [0.1, 0.15) is 6.54 Å². The van der Waals surface area contributed by atoms with E-state index in [1.807, 2.05) is 6.07 Å². The van der Waals surface area contributed by atoms with Crippen LogP contribution in [0.1, 0.15) is 12.8 Å². The zero-order valence-electron chi connectivity index (χ0n) is 12.4. The molecule has 0 bridgehead atoms. The molecular weight excluding hydrogens is 280 g/mol. The minimum Gasteiger partial charge on any atom is -0.354 e. The Morgan fingerprint density at radius 2 is 2.27 bits per heavy atom. The van der Waals surface area contributed by atoms with Gasteiger partial charge in [0.05, 0.1) is 17.2 Å². The summed E-state index contributed by atoms with van der Waals surface area (Å²) >= 11 is 0. The molecule has 0 saturated carbocycles. The molecule has 1 aliphatic rings. The lowest BCUT2D eigenvalue weighted by Gasteiger charge is -2.22. The highest BCUT2D eigenvalue weighted by molar-refractivity contribution is 5.78. The van der Waals surface area contributed by atoms with Crippen molar-refractivity contribution < 1.29 is 4.79 Å². The van der Waals surface area contributed by atoms with Gasteiger partial charge in [-0.25, -0.2) is 4.98 Å². The molecule has 1 aromatic heterocycles. The molecule has 0 radical (unpaired) electrons. The lowest BCUT2D eigenvalue weighted by atomic mass is 10.00. The predicted octanol–water partition coefficient (Wildman–Crippen LogP) is 0.512. The Kier molecular flexibility index (Phi) is 4.48. The van der Waals surface area contributed by atoms with Crippen LogP contribution < -0.4 is 16.2 Å². The number of amides is 1. The molecule has 0 aliphatic carbocycles. The fourth-order valence-electron chi connectivity index (χ4n) is 2.79. The van der Waals surface area contributed by atoms with Gasteiger partial charge in [0.25, 0.3) is 5.56 Å². The van der Waals surface area contributed by atoms with Gasteiger partial charge in [-0.2, -0.15) is 0 Å². The fourth-order valence-corrected chi connectivity index (χ4v) is 2.79. The fraction of sp³-hybridized carbons (Fsp3) is 0.438. The highest BCUT2D eigenvalue weighted by Gasteiger charge is 2.14. The van der Waals surface area contributed by atoms with E-state index in [4.69, 9.17) is 0 Å². The van der Waals surface area contributed by atoms with E-state index in [9.17, 15) is 9.59 Å². The smallest absolute Gasteiger partial charge is 0.261 e. The molecule has 1 aromatic carbocycles. The lowest BCUT2D eigenvalue weighted by Crippen LogP contribution is -2.40. The third-order valence-electron chi connectivity index (χ3n) is 4.03. The summed E-state index contributed by atoms with van der Waals surface area (Å²) in [5.74, 6) is 0.328. The van der Waals surface area contributed by atoms with Crippen molar-refractivity contribution in [2.24, 2.45) is 5.92 Å². The number of nitrogens with zero attached hydrogens (tertiary/aromatic N) is 2. The van der Waals surface area contributed by atoms with Crippen LogP contribution in [0.15, 0.2) is 35.4 Å². The van der Waals surface area contributed by atoms with Crippen molar-refractivity contribution in [3.05, 3.63) is 40.9 Å². The summed E-state index contributed by atoms with van der Waals surface area (Å²) in [6.45, 7) is 2.67. The average molecular weight is 300 g/mol. The Hall–Kier alpha value is -2.21. The Morgan fingerprint density at radius 3 is 3.09 bits per heavy atom. The predicted molar refractivity (Wildman–Crippen MR) is 84.6 cm³/mol. The van der Waals surface area contributed by atoms with Crippen LogP contribution in [-0.2, 0) is 11.3 Å². The maximum atomic E-state index is 12.3. The maximum absolute atomic E-state index is 12.3. The van der Waals surface area contributed by atoms with Gasteiger partial charge in [-0.1, -0.05) is 12.1 Å². The molecule has 1 fully saturated rings. The first-order valence-corrected chi connectivity index (χ1v) is 7.65. The summed E-state index contributed by atoms with van der Waals surface area (Å²) < 4.78 is 1.36. The van der Waals surface area contributed by atoms with Crippen molar-refractivity contribution in [2.75, 3.05) is 19.6 Å². The Bertz CT molecular complexity index is 719. The highest BCUT2D eigenvalue weighted by Crippen LogP contribution is 2.08. The summed E-state index contributed by atoms with van der Waals surface area (Å²) in [5, 5.41) is 6.77. The summed E-state index contributed by atoms with van der Waals surface area (Å²) in [7, 11) is 0. The van der Waals surface area contributed by atoms with Crippen LogP contribution in [0.4, 0.5) is 0 Å². The number of carbonyl (C=O) groups is 1. The van der Waals surface area contributed by atoms with E-state index in [-0.39, 0.29) is 18.0 Å². The summed E-state index contributed by atoms with van der Waals surface area (Å²) in [4.78, 5) is 28.5. The average Bonchev–Trinajstić information content (AvgIpc) is 2.57. The van der Waals surface area contributed by atoms with E-state index in [1.54, 1.807) is 18.2 Å². The van der Waals surface area contributed by atoms with Crippen LogP contribution in [0.2, 0.25) is 0 Å². The number of para-hydroxylation sites is 1. The van der Waals surface area contributed by atoms with E-state index in [1.165, 1.54) is 10.9 Å². The molecule has 22 heavy (non-hydrogen) atoms. The summed E-state index contributed by atoms with van der Waals surface area (Å²) in [5.41, 5.74) is 0.470. The Morgan fingerprint density at radius 1 is 1.41 bits per heavy atom. The molecule has 1 unspecified atom stereocenters. The number of rotatable bonds is 4. The maximum Gasteiger partial charge on any atom is 0.261 e. The zero-order chi connectivity index (χ0) is 15.4. The number of nitrogens with one attached hydrogen (secondary N) is 2. The lowest BCUT2D eigenvalue weighted by molar-refractivity contribution is -0.121. The van der Waals surface area contributed by atoms with Gasteiger partial charge in [0.15, 0.2) is 0 Å². The van der Waals surface area contributed by atoms with E-state index in [0.29, 0.717) is 23.4 Å². The van der Waals surface area contributed by atoms with Crippen molar-refractivity contribution in [3.63, 3.8) is 0 Å². The molecule has 1 amide bonds. The molecule has 2 N–H and O–H groups in total. The minimum absolute atomic E-state index is 0.0107. The molecule has 1 saturated heterocycles. The number of aromatic nitrogens is 2. The second kappa shape index (κ2) is 6.70. The molecule has 2 aromatic rings. The SMILES string of the molecule is O=C(Cn1cnc2ccccc2c1=O)NCC1CCCNC1. The van der Waals surface area contributed by atoms with Crippen LogP contribution in [0.3, 0.4) is 0 Å². The van der Waals surface area contributed by atoms with Gasteiger partial charge in [0.2, 0.25) is 5.91 Å². The number of fused-ring (bicyclic) bond motifs is 1. The van der Waals surface area contributed by atoms with Gasteiger partial charge in [0, 0.05) is 6.54 Å². The molecule has 6 heteroatoms. The first kappa shape index (κ1) is 14.7. The molecule has 1 aliphatic heterocycles. The summed E-state index contributed by atoms with van der Waals surface area (Å²) in [6.07, 6.45) is 3.71. The van der Waals surface area contributed by atoms with Crippen LogP contribution in [0.5, 0.6) is 0 Å². The second-order valence-electron chi connectivity index (χ2n) is 5.71. The normalized spacial score (nSPS) is 18.3. The van der Waals surface area contributed by atoms with Crippen molar-refractivity contribution in [2.45, 2.75) is 19.4 Å². The van der Waals surface area contributed by atoms with Gasteiger partial charge in [-0.3, -0.25) is 14.2 Å². The first-order chi connectivity index (χ1) is 10.7. The number of hydrogen-bond donors (Lipinski definition) is 2. The van der Waals surface area contributed by atoms with E-state index >= 15 is 0 Å². The third-order valence-corrected chi connectivity index (χ3v) is 4.03. The van der Waals surface area contributed by atoms with Gasteiger partial charge >= 0.3 is 0 Å². The topological polar surface area (TPSA) is 76.0 Å². The van der Waals surface area contributed by atoms with Crippen LogP contribution >= 0.6 is 0 Å². The van der Waals surface area contributed by atoms with Crippen LogP contribution in [-0.4, -0.2) is 35.1 Å². The number of benzene rings is 1. The van der Waals surface area contributed by atoms with E-state index in [0.717, 1.165) is 25.9 Å². The number of carbonyl (C=O) groups excluding carboxylic acids is 1. The molecule has 6 nitrogen and oxygen atoms in total. The van der Waals surface area contributed by atoms with Crippen molar-refractivity contribution in [1.82, 2.24) is 20.2 Å². The number of hydrogen-bond acceptors (Lipinski definition) is 4. The van der Waals surface area contributed by atoms with Crippen molar-refractivity contribution in [3.8, 4) is 0 Å². The Balaban J connectivity index is 1.63. The molecule has 2 heterocycles.